The van der Waals surface area contributed by atoms with E-state index in [0.717, 1.165) is 0 Å². The molecule has 0 atom stereocenters. The van der Waals surface area contributed by atoms with Crippen LogP contribution in [0.1, 0.15) is 39.5 Å². The van der Waals surface area contributed by atoms with Crippen molar-refractivity contribution in [1.29, 1.82) is 0 Å². The Morgan fingerprint density at radius 2 is 1.84 bits per heavy atom. The molecule has 0 aromatic rings. The molecule has 2 N–H and O–H groups in total. The number of nitrogens with zero attached hydrogens (tertiary/aromatic N) is 1. The molecule has 0 heterocycles. The van der Waals surface area contributed by atoms with Crippen molar-refractivity contribution in [3.8, 4) is 0 Å². The lowest BCUT2D eigenvalue weighted by Gasteiger charge is -2.25. The number of aliphatic carboxylic acids is 1. The van der Waals surface area contributed by atoms with Gasteiger partial charge in [-0.25, -0.2) is 4.79 Å². The van der Waals surface area contributed by atoms with Gasteiger partial charge in [0.05, 0.1) is 0 Å². The van der Waals surface area contributed by atoms with Gasteiger partial charge in [0, 0.05) is 25.4 Å². The van der Waals surface area contributed by atoms with Crippen LogP contribution in [0.15, 0.2) is 12.7 Å². The van der Waals surface area contributed by atoms with Crippen LogP contribution in [0.25, 0.3) is 0 Å². The van der Waals surface area contributed by atoms with Crippen molar-refractivity contribution in [2.45, 2.75) is 45.6 Å². The van der Waals surface area contributed by atoms with E-state index in [1.54, 1.807) is 6.08 Å². The summed E-state index contributed by atoms with van der Waals surface area (Å²) in [5, 5.41) is 10.7. The average molecular weight is 270 g/mol. The van der Waals surface area contributed by atoms with Crippen molar-refractivity contribution in [1.82, 2.24) is 10.2 Å². The molecule has 19 heavy (non-hydrogen) atoms. The Labute approximate surface area is 113 Å². The van der Waals surface area contributed by atoms with Crippen LogP contribution in [-0.2, 0) is 9.59 Å². The third kappa shape index (κ3) is 7.96. The summed E-state index contributed by atoms with van der Waals surface area (Å²) in [7, 11) is 0. The van der Waals surface area contributed by atoms with Gasteiger partial charge < -0.3 is 10.0 Å². The molecule has 3 amide bonds. The largest absolute Gasteiger partial charge is 0.481 e. The number of carboxylic acids is 1. The van der Waals surface area contributed by atoms with Crippen molar-refractivity contribution in [2.24, 2.45) is 0 Å². The van der Waals surface area contributed by atoms with Crippen LogP contribution >= 0.6 is 0 Å². The summed E-state index contributed by atoms with van der Waals surface area (Å²) < 4.78 is 0. The molecule has 0 aliphatic carbocycles. The summed E-state index contributed by atoms with van der Waals surface area (Å²) >= 11 is 0. The number of amides is 3. The second kappa shape index (κ2) is 9.13. The van der Waals surface area contributed by atoms with Crippen molar-refractivity contribution >= 4 is 17.9 Å². The first-order chi connectivity index (χ1) is 8.88. The predicted molar refractivity (Wildman–Crippen MR) is 71.7 cm³/mol. The van der Waals surface area contributed by atoms with Crippen molar-refractivity contribution in [2.75, 3.05) is 6.54 Å². The fourth-order valence-electron chi connectivity index (χ4n) is 1.48. The maximum Gasteiger partial charge on any atom is 0.324 e. The molecule has 0 bridgehead atoms. The molecule has 0 aromatic carbocycles. The highest BCUT2D eigenvalue weighted by atomic mass is 16.4. The minimum Gasteiger partial charge on any atom is -0.481 e. The number of urea groups is 1. The van der Waals surface area contributed by atoms with E-state index in [2.05, 4.69) is 11.9 Å². The quantitative estimate of drug-likeness (QED) is 0.520. The van der Waals surface area contributed by atoms with E-state index in [-0.39, 0.29) is 24.8 Å². The fourth-order valence-corrected chi connectivity index (χ4v) is 1.48. The highest BCUT2D eigenvalue weighted by Crippen LogP contribution is 2.02. The molecule has 6 heteroatoms. The van der Waals surface area contributed by atoms with Gasteiger partial charge in [-0.1, -0.05) is 6.08 Å². The zero-order chi connectivity index (χ0) is 14.8. The lowest BCUT2D eigenvalue weighted by molar-refractivity contribution is -0.137. The first kappa shape index (κ1) is 17.2. The van der Waals surface area contributed by atoms with Crippen LogP contribution in [0.4, 0.5) is 4.79 Å². The number of hydrogen-bond donors (Lipinski definition) is 2. The molecule has 6 nitrogen and oxygen atoms in total. The Morgan fingerprint density at radius 3 is 2.32 bits per heavy atom. The molecule has 0 aliphatic heterocycles. The van der Waals surface area contributed by atoms with Crippen LogP contribution in [0.3, 0.4) is 0 Å². The molecule has 0 unspecified atom stereocenters. The SMILES string of the molecule is C=CCN(C(=O)NC(=O)CCCCC(=O)O)C(C)C. The second-order valence-corrected chi connectivity index (χ2v) is 4.49. The molecule has 0 saturated carbocycles. The summed E-state index contributed by atoms with van der Waals surface area (Å²) in [6.07, 6.45) is 2.66. The van der Waals surface area contributed by atoms with Gasteiger partial charge in [0.1, 0.15) is 0 Å². The van der Waals surface area contributed by atoms with Crippen molar-refractivity contribution in [3.63, 3.8) is 0 Å². The van der Waals surface area contributed by atoms with Crippen LogP contribution in [0, 0.1) is 0 Å². The van der Waals surface area contributed by atoms with Crippen LogP contribution < -0.4 is 5.32 Å². The van der Waals surface area contributed by atoms with E-state index < -0.39 is 12.0 Å². The summed E-state index contributed by atoms with van der Waals surface area (Å²) in [5.74, 6) is -1.27. The normalized spacial score (nSPS) is 10.1. The van der Waals surface area contributed by atoms with E-state index in [4.69, 9.17) is 5.11 Å². The third-order valence-corrected chi connectivity index (χ3v) is 2.50. The number of unbranched alkanes of at least 4 members (excludes halogenated alkanes) is 1. The summed E-state index contributed by atoms with van der Waals surface area (Å²) in [6, 6.07) is -0.476. The topological polar surface area (TPSA) is 86.7 Å². The van der Waals surface area contributed by atoms with Gasteiger partial charge in [0.15, 0.2) is 0 Å². The minimum absolute atomic E-state index is 0.0298. The van der Waals surface area contributed by atoms with E-state index in [1.807, 2.05) is 13.8 Å². The Kier molecular flexibility index (Phi) is 8.24. The number of carbonyl (C=O) groups excluding carboxylic acids is 2. The Balaban J connectivity index is 4.06. The van der Waals surface area contributed by atoms with Gasteiger partial charge in [-0.3, -0.25) is 14.9 Å². The van der Waals surface area contributed by atoms with E-state index in [9.17, 15) is 14.4 Å². The summed E-state index contributed by atoms with van der Waals surface area (Å²) in [6.45, 7) is 7.63. The summed E-state index contributed by atoms with van der Waals surface area (Å²) in [4.78, 5) is 35.1. The fraction of sp³-hybridized carbons (Fsp3) is 0.615. The van der Waals surface area contributed by atoms with Crippen LogP contribution in [0.5, 0.6) is 0 Å². The van der Waals surface area contributed by atoms with Gasteiger partial charge in [-0.15, -0.1) is 6.58 Å². The highest BCUT2D eigenvalue weighted by molar-refractivity contribution is 5.94. The molecule has 0 rings (SSSR count). The number of carboxylic acid groups (broad SMARTS) is 1. The number of nitrogens with one attached hydrogen (secondary N) is 1. The standard InChI is InChI=1S/C13H22N2O4/c1-4-9-15(10(2)3)13(19)14-11(16)7-5-6-8-12(17)18/h4,10H,1,5-9H2,2-3H3,(H,17,18)(H,14,16,19). The zero-order valence-electron chi connectivity index (χ0n) is 11.5. The van der Waals surface area contributed by atoms with E-state index in [1.165, 1.54) is 4.90 Å². The first-order valence-corrected chi connectivity index (χ1v) is 6.31. The molecule has 108 valence electrons. The number of carbonyl (C=O) groups is 3. The molecule has 0 saturated heterocycles. The van der Waals surface area contributed by atoms with Crippen molar-refractivity contribution in [3.05, 3.63) is 12.7 Å². The molecular formula is C13H22N2O4. The zero-order valence-corrected chi connectivity index (χ0v) is 11.5. The number of imide groups is 1. The van der Waals surface area contributed by atoms with Gasteiger partial charge in [-0.2, -0.15) is 0 Å². The predicted octanol–water partition coefficient (Wildman–Crippen LogP) is 1.76. The molecule has 0 aliphatic rings. The lowest BCUT2D eigenvalue weighted by Crippen LogP contribution is -2.46. The highest BCUT2D eigenvalue weighted by Gasteiger charge is 2.17. The Morgan fingerprint density at radius 1 is 1.26 bits per heavy atom. The molecule has 0 fully saturated rings. The maximum absolute atomic E-state index is 11.8. The minimum atomic E-state index is -0.881. The first-order valence-electron chi connectivity index (χ1n) is 6.31. The van der Waals surface area contributed by atoms with E-state index in [0.29, 0.717) is 19.4 Å². The van der Waals surface area contributed by atoms with Crippen LogP contribution in [0.2, 0.25) is 0 Å². The monoisotopic (exact) mass is 270 g/mol. The Hall–Kier alpha value is -1.85. The van der Waals surface area contributed by atoms with Crippen LogP contribution in [-0.4, -0.2) is 40.5 Å². The lowest BCUT2D eigenvalue weighted by atomic mass is 10.2. The molecule has 0 radical (unpaired) electrons. The van der Waals surface area contributed by atoms with Crippen molar-refractivity contribution < 1.29 is 19.5 Å². The van der Waals surface area contributed by atoms with Gasteiger partial charge in [-0.05, 0) is 26.7 Å². The smallest absolute Gasteiger partial charge is 0.324 e. The maximum atomic E-state index is 11.8. The Bertz CT molecular complexity index is 340. The average Bonchev–Trinajstić information content (AvgIpc) is 2.30. The molecular weight excluding hydrogens is 248 g/mol. The molecule has 0 spiro atoms. The van der Waals surface area contributed by atoms with Gasteiger partial charge in [0.25, 0.3) is 0 Å². The second-order valence-electron chi connectivity index (χ2n) is 4.49. The third-order valence-electron chi connectivity index (χ3n) is 2.50. The van der Waals surface area contributed by atoms with Gasteiger partial charge in [0.2, 0.25) is 5.91 Å². The number of hydrogen-bond acceptors (Lipinski definition) is 3. The number of rotatable bonds is 8. The van der Waals surface area contributed by atoms with Gasteiger partial charge >= 0.3 is 12.0 Å². The van der Waals surface area contributed by atoms with E-state index >= 15 is 0 Å². The molecule has 0 aromatic heterocycles. The summed E-state index contributed by atoms with van der Waals surface area (Å²) in [5.41, 5.74) is 0.